The van der Waals surface area contributed by atoms with Crippen molar-refractivity contribution in [3.8, 4) is 0 Å². The molecule has 2 aliphatic rings. The summed E-state index contributed by atoms with van der Waals surface area (Å²) in [7, 11) is 0. The number of carbonyl (C=O) groups excluding carboxylic acids is 1. The van der Waals surface area contributed by atoms with E-state index in [-0.39, 0.29) is 5.92 Å². The molecule has 4 rings (SSSR count). The third kappa shape index (κ3) is 3.46. The van der Waals surface area contributed by atoms with Crippen LogP contribution < -0.4 is 0 Å². The second-order valence-corrected chi connectivity index (χ2v) is 7.26. The van der Waals surface area contributed by atoms with E-state index in [0.29, 0.717) is 17.7 Å². The zero-order chi connectivity index (χ0) is 17.2. The van der Waals surface area contributed by atoms with Crippen LogP contribution >= 0.6 is 0 Å². The molecule has 0 radical (unpaired) electrons. The first-order valence-corrected chi connectivity index (χ1v) is 9.42. The van der Waals surface area contributed by atoms with Crippen molar-refractivity contribution in [2.24, 2.45) is 5.92 Å². The standard InChI is InChI=1S/C20H25N3O2/c1-2-6-18-21-19(25-22-18)15-9-11-23(12-10-15)20(24)17-13-16(17)14-7-4-3-5-8-14/h3-5,7-8,15-17H,2,6,9-13H2,1H3/t16-,17+/m1/s1. The molecule has 1 saturated heterocycles. The van der Waals surface area contributed by atoms with Gasteiger partial charge in [0.05, 0.1) is 0 Å². The lowest BCUT2D eigenvalue weighted by Crippen LogP contribution is -2.39. The molecule has 1 aliphatic carbocycles. The number of hydrogen-bond donors (Lipinski definition) is 0. The summed E-state index contributed by atoms with van der Waals surface area (Å²) in [6.07, 6.45) is 4.72. The first-order chi connectivity index (χ1) is 12.3. The molecule has 1 aromatic carbocycles. The number of hydrogen-bond acceptors (Lipinski definition) is 4. The van der Waals surface area contributed by atoms with Gasteiger partial charge in [0, 0.05) is 31.3 Å². The summed E-state index contributed by atoms with van der Waals surface area (Å²) in [5.41, 5.74) is 1.30. The fourth-order valence-electron chi connectivity index (χ4n) is 3.88. The highest BCUT2D eigenvalue weighted by Crippen LogP contribution is 2.48. The van der Waals surface area contributed by atoms with Crippen molar-refractivity contribution in [3.05, 3.63) is 47.6 Å². The summed E-state index contributed by atoms with van der Waals surface area (Å²) >= 11 is 0. The Labute approximate surface area is 148 Å². The topological polar surface area (TPSA) is 59.2 Å². The van der Waals surface area contributed by atoms with E-state index in [9.17, 15) is 4.79 Å². The molecule has 2 fully saturated rings. The number of piperidine rings is 1. The Morgan fingerprint density at radius 2 is 2.00 bits per heavy atom. The van der Waals surface area contributed by atoms with Crippen molar-refractivity contribution >= 4 is 5.91 Å². The molecule has 2 heterocycles. The van der Waals surface area contributed by atoms with Crippen LogP contribution in [0.5, 0.6) is 0 Å². The Kier molecular flexibility index (Phi) is 4.55. The van der Waals surface area contributed by atoms with Gasteiger partial charge in [-0.2, -0.15) is 4.98 Å². The van der Waals surface area contributed by atoms with Crippen LogP contribution in [0.4, 0.5) is 0 Å². The van der Waals surface area contributed by atoms with Crippen LogP contribution in [0.3, 0.4) is 0 Å². The molecular weight excluding hydrogens is 314 g/mol. The largest absolute Gasteiger partial charge is 0.342 e. The smallest absolute Gasteiger partial charge is 0.229 e. The predicted octanol–water partition coefficient (Wildman–Crippen LogP) is 3.53. The predicted molar refractivity (Wildman–Crippen MR) is 94.1 cm³/mol. The van der Waals surface area contributed by atoms with Crippen molar-refractivity contribution in [3.63, 3.8) is 0 Å². The van der Waals surface area contributed by atoms with Crippen molar-refractivity contribution in [1.82, 2.24) is 15.0 Å². The summed E-state index contributed by atoms with van der Waals surface area (Å²) in [5.74, 6) is 2.78. The minimum Gasteiger partial charge on any atom is -0.342 e. The Bertz CT molecular complexity index is 720. The zero-order valence-corrected chi connectivity index (χ0v) is 14.7. The summed E-state index contributed by atoms with van der Waals surface area (Å²) < 4.78 is 5.42. The molecule has 1 saturated carbocycles. The normalized spacial score (nSPS) is 23.6. The summed E-state index contributed by atoms with van der Waals surface area (Å²) in [6, 6.07) is 10.4. The van der Waals surface area contributed by atoms with Crippen LogP contribution in [0.25, 0.3) is 0 Å². The molecule has 1 amide bonds. The van der Waals surface area contributed by atoms with E-state index in [4.69, 9.17) is 4.52 Å². The third-order valence-corrected chi connectivity index (χ3v) is 5.45. The van der Waals surface area contributed by atoms with Gasteiger partial charge in [-0.15, -0.1) is 0 Å². The number of carbonyl (C=O) groups is 1. The molecule has 2 aromatic rings. The number of amides is 1. The molecular formula is C20H25N3O2. The summed E-state index contributed by atoms with van der Waals surface area (Å²) in [4.78, 5) is 19.3. The van der Waals surface area contributed by atoms with Crippen LogP contribution in [0.15, 0.2) is 34.9 Å². The molecule has 1 aromatic heterocycles. The molecule has 0 unspecified atom stereocenters. The van der Waals surface area contributed by atoms with Gasteiger partial charge in [0.2, 0.25) is 11.8 Å². The van der Waals surface area contributed by atoms with Crippen molar-refractivity contribution in [2.45, 2.75) is 50.9 Å². The average molecular weight is 339 g/mol. The zero-order valence-electron chi connectivity index (χ0n) is 14.7. The number of likely N-dealkylation sites (tertiary alicyclic amines) is 1. The Morgan fingerprint density at radius 1 is 1.24 bits per heavy atom. The van der Waals surface area contributed by atoms with E-state index in [0.717, 1.165) is 56.9 Å². The maximum Gasteiger partial charge on any atom is 0.229 e. The van der Waals surface area contributed by atoms with Crippen LogP contribution in [-0.4, -0.2) is 34.0 Å². The molecule has 5 nitrogen and oxygen atoms in total. The fourth-order valence-corrected chi connectivity index (χ4v) is 3.88. The molecule has 0 N–H and O–H groups in total. The molecule has 0 spiro atoms. The van der Waals surface area contributed by atoms with Gasteiger partial charge in [-0.05, 0) is 37.2 Å². The average Bonchev–Trinajstić information content (AvgIpc) is 3.33. The van der Waals surface area contributed by atoms with Crippen molar-refractivity contribution < 1.29 is 9.32 Å². The molecule has 0 bridgehead atoms. The quantitative estimate of drug-likeness (QED) is 0.836. The summed E-state index contributed by atoms with van der Waals surface area (Å²) in [5, 5.41) is 4.05. The lowest BCUT2D eigenvalue weighted by Gasteiger charge is -2.30. The third-order valence-electron chi connectivity index (χ3n) is 5.45. The van der Waals surface area contributed by atoms with E-state index in [1.807, 2.05) is 11.0 Å². The van der Waals surface area contributed by atoms with Gasteiger partial charge in [0.1, 0.15) is 0 Å². The minimum absolute atomic E-state index is 0.179. The Balaban J connectivity index is 1.31. The highest BCUT2D eigenvalue weighted by Gasteiger charge is 2.46. The van der Waals surface area contributed by atoms with Gasteiger partial charge in [0.25, 0.3) is 0 Å². The van der Waals surface area contributed by atoms with Gasteiger partial charge >= 0.3 is 0 Å². The van der Waals surface area contributed by atoms with Gasteiger partial charge in [-0.1, -0.05) is 42.4 Å². The molecule has 25 heavy (non-hydrogen) atoms. The molecule has 132 valence electrons. The van der Waals surface area contributed by atoms with E-state index in [2.05, 4.69) is 41.3 Å². The van der Waals surface area contributed by atoms with Gasteiger partial charge in [-0.25, -0.2) is 0 Å². The van der Waals surface area contributed by atoms with Gasteiger partial charge in [-0.3, -0.25) is 4.79 Å². The fraction of sp³-hybridized carbons (Fsp3) is 0.550. The van der Waals surface area contributed by atoms with E-state index < -0.39 is 0 Å². The number of aryl methyl sites for hydroxylation is 1. The maximum absolute atomic E-state index is 12.8. The summed E-state index contributed by atoms with van der Waals surface area (Å²) in [6.45, 7) is 3.71. The Hall–Kier alpha value is -2.17. The number of aromatic nitrogens is 2. The number of benzene rings is 1. The van der Waals surface area contributed by atoms with Crippen molar-refractivity contribution in [1.29, 1.82) is 0 Å². The first-order valence-electron chi connectivity index (χ1n) is 9.42. The lowest BCUT2D eigenvalue weighted by atomic mass is 9.96. The Morgan fingerprint density at radius 3 is 2.72 bits per heavy atom. The van der Waals surface area contributed by atoms with Crippen LogP contribution in [0.2, 0.25) is 0 Å². The molecule has 1 aliphatic heterocycles. The van der Waals surface area contributed by atoms with Crippen molar-refractivity contribution in [2.75, 3.05) is 13.1 Å². The van der Waals surface area contributed by atoms with Gasteiger partial charge in [0.15, 0.2) is 5.82 Å². The van der Waals surface area contributed by atoms with E-state index in [1.54, 1.807) is 0 Å². The van der Waals surface area contributed by atoms with Crippen LogP contribution in [0, 0.1) is 5.92 Å². The number of rotatable bonds is 5. The SMILES string of the molecule is CCCc1noc(C2CCN(C(=O)[C@H]3C[C@@H]3c3ccccc3)CC2)n1. The van der Waals surface area contributed by atoms with Crippen LogP contribution in [0.1, 0.15) is 61.7 Å². The monoisotopic (exact) mass is 339 g/mol. The maximum atomic E-state index is 12.8. The highest BCUT2D eigenvalue weighted by atomic mass is 16.5. The second kappa shape index (κ2) is 6.98. The van der Waals surface area contributed by atoms with Crippen LogP contribution in [-0.2, 0) is 11.2 Å². The van der Waals surface area contributed by atoms with Gasteiger partial charge < -0.3 is 9.42 Å². The second-order valence-electron chi connectivity index (χ2n) is 7.26. The van der Waals surface area contributed by atoms with E-state index in [1.165, 1.54) is 5.56 Å². The van der Waals surface area contributed by atoms with E-state index >= 15 is 0 Å². The molecule has 2 atom stereocenters. The highest BCUT2D eigenvalue weighted by molar-refractivity contribution is 5.83. The lowest BCUT2D eigenvalue weighted by molar-refractivity contribution is -0.133. The number of nitrogens with zero attached hydrogens (tertiary/aromatic N) is 3. The molecule has 5 heteroatoms. The first kappa shape index (κ1) is 16.3. The minimum atomic E-state index is 0.179.